The number of amides is 1. The van der Waals surface area contributed by atoms with Gasteiger partial charge in [0.15, 0.2) is 0 Å². The number of rotatable bonds is 7. The molecule has 158 valence electrons. The summed E-state index contributed by atoms with van der Waals surface area (Å²) in [5.74, 6) is -0.433. The highest BCUT2D eigenvalue weighted by Gasteiger charge is 2.27. The Balaban J connectivity index is 1.64. The molecule has 3 aromatic carbocycles. The lowest BCUT2D eigenvalue weighted by Gasteiger charge is -2.19. The van der Waals surface area contributed by atoms with Crippen LogP contribution in [-0.2, 0) is 21.2 Å². The topological polar surface area (TPSA) is 91.1 Å². The highest BCUT2D eigenvalue weighted by atomic mass is 79.9. The maximum absolute atomic E-state index is 13.1. The standard InChI is InChI=1S/C23H20BrN3O3S/c24-17-10-12-19(13-11-17)31(29,30)27-22(23(28)26-18-6-2-1-3-7-18)14-16-15-25-21-9-5-4-8-20(16)21/h1-13,15,22,25,27H,14H2,(H,26,28)/t22-/m0/s1. The van der Waals surface area contributed by atoms with Crippen LogP contribution in [0.2, 0.25) is 0 Å². The molecule has 1 aromatic heterocycles. The van der Waals surface area contributed by atoms with Gasteiger partial charge in [-0.3, -0.25) is 4.79 Å². The van der Waals surface area contributed by atoms with E-state index in [0.717, 1.165) is 20.9 Å². The number of carbonyl (C=O) groups excluding carboxylic acids is 1. The lowest BCUT2D eigenvalue weighted by atomic mass is 10.0. The van der Waals surface area contributed by atoms with Crippen LogP contribution in [0.25, 0.3) is 10.9 Å². The smallest absolute Gasteiger partial charge is 0.242 e. The van der Waals surface area contributed by atoms with Gasteiger partial charge in [-0.15, -0.1) is 0 Å². The Morgan fingerprint density at radius 2 is 1.61 bits per heavy atom. The molecule has 4 aromatic rings. The van der Waals surface area contributed by atoms with E-state index in [1.807, 2.05) is 30.3 Å². The Hall–Kier alpha value is -2.94. The number of halogens is 1. The molecule has 1 heterocycles. The van der Waals surface area contributed by atoms with Gasteiger partial charge in [0, 0.05) is 27.3 Å². The fourth-order valence-corrected chi connectivity index (χ4v) is 4.79. The maximum atomic E-state index is 13.1. The van der Waals surface area contributed by atoms with Crippen LogP contribution >= 0.6 is 15.9 Å². The number of aromatic nitrogens is 1. The van der Waals surface area contributed by atoms with E-state index in [4.69, 9.17) is 0 Å². The highest BCUT2D eigenvalue weighted by molar-refractivity contribution is 9.10. The Bertz CT molecular complexity index is 1300. The molecule has 0 aliphatic heterocycles. The average molecular weight is 498 g/mol. The van der Waals surface area contributed by atoms with Gasteiger partial charge in [0.2, 0.25) is 15.9 Å². The summed E-state index contributed by atoms with van der Waals surface area (Å²) in [7, 11) is -3.91. The number of hydrogen-bond acceptors (Lipinski definition) is 3. The van der Waals surface area contributed by atoms with Gasteiger partial charge in [-0.05, 0) is 54.4 Å². The van der Waals surface area contributed by atoms with Crippen molar-refractivity contribution in [2.75, 3.05) is 5.32 Å². The second-order valence-corrected chi connectivity index (χ2v) is 9.68. The molecule has 8 heteroatoms. The number of hydrogen-bond donors (Lipinski definition) is 3. The molecule has 0 fully saturated rings. The van der Waals surface area contributed by atoms with E-state index in [0.29, 0.717) is 5.69 Å². The minimum absolute atomic E-state index is 0.0899. The fraction of sp³-hybridized carbons (Fsp3) is 0.0870. The first kappa shape index (κ1) is 21.3. The molecule has 1 atom stereocenters. The number of anilines is 1. The molecule has 0 bridgehead atoms. The lowest BCUT2D eigenvalue weighted by molar-refractivity contribution is -0.117. The van der Waals surface area contributed by atoms with Crippen molar-refractivity contribution >= 4 is 48.5 Å². The van der Waals surface area contributed by atoms with Crippen molar-refractivity contribution in [1.82, 2.24) is 9.71 Å². The van der Waals surface area contributed by atoms with E-state index in [-0.39, 0.29) is 11.3 Å². The average Bonchev–Trinajstić information content (AvgIpc) is 3.17. The van der Waals surface area contributed by atoms with Crippen LogP contribution in [0, 0.1) is 0 Å². The zero-order valence-corrected chi connectivity index (χ0v) is 18.8. The molecule has 0 aliphatic carbocycles. The monoisotopic (exact) mass is 497 g/mol. The van der Waals surface area contributed by atoms with Gasteiger partial charge in [0.05, 0.1) is 4.90 Å². The number of aromatic amines is 1. The molecular formula is C23H20BrN3O3S. The predicted octanol–water partition coefficient (Wildman–Crippen LogP) is 4.46. The molecule has 0 radical (unpaired) electrons. The number of para-hydroxylation sites is 2. The van der Waals surface area contributed by atoms with Gasteiger partial charge in [0.1, 0.15) is 6.04 Å². The molecule has 0 saturated heterocycles. The maximum Gasteiger partial charge on any atom is 0.242 e. The van der Waals surface area contributed by atoms with Gasteiger partial charge in [-0.2, -0.15) is 4.72 Å². The van der Waals surface area contributed by atoms with E-state index in [1.54, 1.807) is 42.6 Å². The van der Waals surface area contributed by atoms with E-state index in [9.17, 15) is 13.2 Å². The van der Waals surface area contributed by atoms with Crippen LogP contribution < -0.4 is 10.0 Å². The lowest BCUT2D eigenvalue weighted by Crippen LogP contribution is -2.45. The summed E-state index contributed by atoms with van der Waals surface area (Å²) < 4.78 is 29.3. The third-order valence-corrected chi connectivity index (χ3v) is 6.89. The van der Waals surface area contributed by atoms with Crippen molar-refractivity contribution in [3.05, 3.63) is 95.1 Å². The number of benzene rings is 3. The first-order chi connectivity index (χ1) is 14.9. The number of carbonyl (C=O) groups is 1. The zero-order chi connectivity index (χ0) is 21.8. The summed E-state index contributed by atoms with van der Waals surface area (Å²) in [5, 5.41) is 3.75. The first-order valence-electron chi connectivity index (χ1n) is 9.61. The largest absolute Gasteiger partial charge is 0.361 e. The van der Waals surface area contributed by atoms with E-state index < -0.39 is 22.0 Å². The van der Waals surface area contributed by atoms with E-state index >= 15 is 0 Å². The van der Waals surface area contributed by atoms with Crippen molar-refractivity contribution in [2.45, 2.75) is 17.4 Å². The van der Waals surface area contributed by atoms with Crippen LogP contribution in [0.15, 0.2) is 94.4 Å². The summed E-state index contributed by atoms with van der Waals surface area (Å²) in [6.45, 7) is 0. The normalized spacial score (nSPS) is 12.5. The Morgan fingerprint density at radius 3 is 2.35 bits per heavy atom. The zero-order valence-electron chi connectivity index (χ0n) is 16.4. The summed E-state index contributed by atoms with van der Waals surface area (Å²) in [5.41, 5.74) is 2.37. The molecular weight excluding hydrogens is 478 g/mol. The van der Waals surface area contributed by atoms with E-state index in [2.05, 4.69) is 31.0 Å². The Kier molecular flexibility index (Phi) is 6.22. The summed E-state index contributed by atoms with van der Waals surface area (Å²) in [6, 6.07) is 21.9. The Labute approximate surface area is 188 Å². The molecule has 3 N–H and O–H groups in total. The minimum atomic E-state index is -3.91. The van der Waals surface area contributed by atoms with Crippen LogP contribution in [0.4, 0.5) is 5.69 Å². The number of sulfonamides is 1. The molecule has 4 rings (SSSR count). The third kappa shape index (κ3) is 5.04. The quantitative estimate of drug-likeness (QED) is 0.352. The SMILES string of the molecule is O=C(Nc1ccccc1)[C@H](Cc1c[nH]c2ccccc12)NS(=O)(=O)c1ccc(Br)cc1. The van der Waals surface area contributed by atoms with Crippen molar-refractivity contribution in [1.29, 1.82) is 0 Å². The van der Waals surface area contributed by atoms with Gasteiger partial charge in [-0.25, -0.2) is 8.42 Å². The highest BCUT2D eigenvalue weighted by Crippen LogP contribution is 2.21. The number of nitrogens with one attached hydrogen (secondary N) is 3. The van der Waals surface area contributed by atoms with Crippen molar-refractivity contribution < 1.29 is 13.2 Å². The Morgan fingerprint density at radius 1 is 0.935 bits per heavy atom. The third-order valence-electron chi connectivity index (χ3n) is 4.88. The summed E-state index contributed by atoms with van der Waals surface area (Å²) in [6.07, 6.45) is 2.00. The first-order valence-corrected chi connectivity index (χ1v) is 11.9. The molecule has 31 heavy (non-hydrogen) atoms. The fourth-order valence-electron chi connectivity index (χ4n) is 3.33. The van der Waals surface area contributed by atoms with Crippen molar-refractivity contribution in [2.24, 2.45) is 0 Å². The van der Waals surface area contributed by atoms with Gasteiger partial charge in [0.25, 0.3) is 0 Å². The molecule has 6 nitrogen and oxygen atoms in total. The molecule has 1 amide bonds. The molecule has 0 unspecified atom stereocenters. The van der Waals surface area contributed by atoms with Gasteiger partial charge >= 0.3 is 0 Å². The summed E-state index contributed by atoms with van der Waals surface area (Å²) in [4.78, 5) is 16.3. The summed E-state index contributed by atoms with van der Waals surface area (Å²) >= 11 is 3.30. The van der Waals surface area contributed by atoms with Gasteiger partial charge in [-0.1, -0.05) is 52.3 Å². The number of fused-ring (bicyclic) bond motifs is 1. The number of H-pyrrole nitrogens is 1. The van der Waals surface area contributed by atoms with Crippen LogP contribution in [0.3, 0.4) is 0 Å². The van der Waals surface area contributed by atoms with Gasteiger partial charge < -0.3 is 10.3 Å². The van der Waals surface area contributed by atoms with Crippen molar-refractivity contribution in [3.8, 4) is 0 Å². The van der Waals surface area contributed by atoms with Crippen LogP contribution in [0.5, 0.6) is 0 Å². The second-order valence-electron chi connectivity index (χ2n) is 7.05. The van der Waals surface area contributed by atoms with Crippen LogP contribution in [0.1, 0.15) is 5.56 Å². The molecule has 0 saturated carbocycles. The van der Waals surface area contributed by atoms with Crippen molar-refractivity contribution in [3.63, 3.8) is 0 Å². The molecule has 0 aliphatic rings. The van der Waals surface area contributed by atoms with Crippen LogP contribution in [-0.4, -0.2) is 25.4 Å². The second kappa shape index (κ2) is 9.05. The van der Waals surface area contributed by atoms with E-state index in [1.165, 1.54) is 12.1 Å². The molecule has 0 spiro atoms. The minimum Gasteiger partial charge on any atom is -0.361 e. The predicted molar refractivity (Wildman–Crippen MR) is 125 cm³/mol.